The van der Waals surface area contributed by atoms with Gasteiger partial charge in [0.15, 0.2) is 5.03 Å². The van der Waals surface area contributed by atoms with E-state index in [1.165, 1.54) is 7.05 Å². The molecule has 1 aromatic rings. The Morgan fingerprint density at radius 3 is 2.89 bits per heavy atom. The molecule has 0 bridgehead atoms. The average Bonchev–Trinajstić information content (AvgIpc) is 2.78. The fraction of sp³-hybridized carbons (Fsp3) is 0.400. The number of nitrogens with one attached hydrogen (secondary N) is 1. The number of allylic oxidation sites excluding steroid dienone is 1. The van der Waals surface area contributed by atoms with Gasteiger partial charge >= 0.3 is 5.97 Å². The molecule has 0 aliphatic rings. The molecular weight excluding hydrogens is 258 g/mol. The Morgan fingerprint density at radius 2 is 2.33 bits per heavy atom. The van der Waals surface area contributed by atoms with Crippen molar-refractivity contribution in [1.82, 2.24) is 14.5 Å². The zero-order valence-electron chi connectivity index (χ0n) is 9.96. The minimum atomic E-state index is -3.85. The molecule has 2 N–H and O–H groups in total. The first-order chi connectivity index (χ1) is 8.41. The standard InChI is InChI=1S/C10H15N3O4S/c1-3-4-5-6-13(2)18(16,17)9-8(10(14)15)7-11-12-9/h3,7H,1,4-6H2,2H3,(H,11,12)(H,14,15). The molecule has 1 aromatic heterocycles. The number of aromatic carboxylic acids is 1. The molecule has 0 amide bonds. The van der Waals surface area contributed by atoms with Crippen molar-refractivity contribution >= 4 is 16.0 Å². The van der Waals surface area contributed by atoms with Gasteiger partial charge in [0, 0.05) is 13.6 Å². The quantitative estimate of drug-likeness (QED) is 0.562. The second-order valence-corrected chi connectivity index (χ2v) is 5.66. The lowest BCUT2D eigenvalue weighted by molar-refractivity contribution is 0.0692. The summed E-state index contributed by atoms with van der Waals surface area (Å²) in [5.74, 6) is -1.33. The van der Waals surface area contributed by atoms with Crippen LogP contribution in [0.3, 0.4) is 0 Å². The Kier molecular flexibility index (Phi) is 4.62. The van der Waals surface area contributed by atoms with Crippen LogP contribution in [0.25, 0.3) is 0 Å². The first-order valence-corrected chi connectivity index (χ1v) is 6.69. The van der Waals surface area contributed by atoms with Crippen LogP contribution in [0.1, 0.15) is 23.2 Å². The first kappa shape index (κ1) is 14.4. The number of hydrogen-bond acceptors (Lipinski definition) is 4. The van der Waals surface area contributed by atoms with E-state index in [0.29, 0.717) is 12.8 Å². The summed E-state index contributed by atoms with van der Waals surface area (Å²) in [5.41, 5.74) is -0.356. The van der Waals surface area contributed by atoms with E-state index in [1.54, 1.807) is 6.08 Å². The highest BCUT2D eigenvalue weighted by Crippen LogP contribution is 2.16. The van der Waals surface area contributed by atoms with Crippen LogP contribution in [0, 0.1) is 0 Å². The number of aromatic nitrogens is 2. The number of H-pyrrole nitrogens is 1. The third-order valence-electron chi connectivity index (χ3n) is 2.38. The summed E-state index contributed by atoms with van der Waals surface area (Å²) in [6, 6.07) is 0. The van der Waals surface area contributed by atoms with Crippen molar-refractivity contribution in [3.8, 4) is 0 Å². The summed E-state index contributed by atoms with van der Waals surface area (Å²) in [4.78, 5) is 10.9. The molecule has 0 aromatic carbocycles. The molecule has 18 heavy (non-hydrogen) atoms. The van der Waals surface area contributed by atoms with Crippen molar-refractivity contribution in [3.63, 3.8) is 0 Å². The number of nitrogens with zero attached hydrogens (tertiary/aromatic N) is 2. The van der Waals surface area contributed by atoms with Crippen LogP contribution in [0.2, 0.25) is 0 Å². The molecule has 0 spiro atoms. The van der Waals surface area contributed by atoms with Crippen molar-refractivity contribution < 1.29 is 18.3 Å². The van der Waals surface area contributed by atoms with E-state index < -0.39 is 21.0 Å². The molecule has 8 heteroatoms. The molecule has 100 valence electrons. The van der Waals surface area contributed by atoms with Gasteiger partial charge < -0.3 is 5.11 Å². The lowest BCUT2D eigenvalue weighted by Gasteiger charge is -2.15. The van der Waals surface area contributed by atoms with E-state index in [-0.39, 0.29) is 12.1 Å². The molecule has 0 atom stereocenters. The number of unbranched alkanes of at least 4 members (excludes halogenated alkanes) is 1. The molecular formula is C10H15N3O4S. The van der Waals surface area contributed by atoms with Gasteiger partial charge in [-0.2, -0.15) is 9.40 Å². The number of aromatic amines is 1. The third kappa shape index (κ3) is 2.96. The summed E-state index contributed by atoms with van der Waals surface area (Å²) >= 11 is 0. The van der Waals surface area contributed by atoms with Gasteiger partial charge in [-0.15, -0.1) is 6.58 Å². The predicted octanol–water partition coefficient (Wildman–Crippen LogP) is 0.695. The highest BCUT2D eigenvalue weighted by atomic mass is 32.2. The van der Waals surface area contributed by atoms with Crippen LogP contribution in [0.5, 0.6) is 0 Å². The van der Waals surface area contributed by atoms with Crippen molar-refractivity contribution in [1.29, 1.82) is 0 Å². The smallest absolute Gasteiger partial charge is 0.340 e. The van der Waals surface area contributed by atoms with E-state index in [0.717, 1.165) is 10.5 Å². The second-order valence-electron chi connectivity index (χ2n) is 3.68. The number of carboxylic acid groups (broad SMARTS) is 1. The maximum atomic E-state index is 12.1. The molecule has 0 saturated carbocycles. The van der Waals surface area contributed by atoms with Crippen molar-refractivity contribution in [3.05, 3.63) is 24.4 Å². The van der Waals surface area contributed by atoms with Crippen LogP contribution < -0.4 is 0 Å². The van der Waals surface area contributed by atoms with Gasteiger partial charge in [-0.1, -0.05) is 6.08 Å². The Morgan fingerprint density at radius 1 is 1.67 bits per heavy atom. The third-order valence-corrected chi connectivity index (χ3v) is 4.21. The van der Waals surface area contributed by atoms with Crippen LogP contribution >= 0.6 is 0 Å². The van der Waals surface area contributed by atoms with Gasteiger partial charge in [-0.25, -0.2) is 13.2 Å². The normalized spacial score (nSPS) is 11.7. The van der Waals surface area contributed by atoms with Gasteiger partial charge in [0.1, 0.15) is 5.56 Å². The van der Waals surface area contributed by atoms with Gasteiger partial charge in [-0.3, -0.25) is 5.10 Å². The maximum Gasteiger partial charge on any atom is 0.340 e. The van der Waals surface area contributed by atoms with Gasteiger partial charge in [0.05, 0.1) is 6.20 Å². The summed E-state index contributed by atoms with van der Waals surface area (Å²) < 4.78 is 25.3. The van der Waals surface area contributed by atoms with Crippen molar-refractivity contribution in [2.75, 3.05) is 13.6 Å². The van der Waals surface area contributed by atoms with E-state index in [1.807, 2.05) is 0 Å². The lowest BCUT2D eigenvalue weighted by atomic mass is 10.3. The molecule has 0 saturated heterocycles. The molecule has 1 heterocycles. The summed E-state index contributed by atoms with van der Waals surface area (Å²) in [6.07, 6.45) is 3.98. The first-order valence-electron chi connectivity index (χ1n) is 5.25. The van der Waals surface area contributed by atoms with Crippen LogP contribution in [-0.4, -0.2) is 47.6 Å². The largest absolute Gasteiger partial charge is 0.478 e. The van der Waals surface area contributed by atoms with E-state index in [2.05, 4.69) is 16.8 Å². The number of sulfonamides is 1. The Balaban J connectivity index is 2.95. The fourth-order valence-electron chi connectivity index (χ4n) is 1.36. The van der Waals surface area contributed by atoms with E-state index in [4.69, 9.17) is 5.11 Å². The van der Waals surface area contributed by atoms with Crippen LogP contribution in [0.15, 0.2) is 23.9 Å². The molecule has 1 rings (SSSR count). The predicted molar refractivity (Wildman–Crippen MR) is 64.8 cm³/mol. The molecule has 0 aliphatic heterocycles. The minimum Gasteiger partial charge on any atom is -0.478 e. The van der Waals surface area contributed by atoms with E-state index in [9.17, 15) is 13.2 Å². The zero-order valence-corrected chi connectivity index (χ0v) is 10.8. The number of hydrogen-bond donors (Lipinski definition) is 2. The average molecular weight is 273 g/mol. The van der Waals surface area contributed by atoms with Gasteiger partial charge in [0.2, 0.25) is 0 Å². The number of rotatable bonds is 7. The molecule has 0 unspecified atom stereocenters. The maximum absolute atomic E-state index is 12.1. The number of carboxylic acids is 1. The molecule has 0 aliphatic carbocycles. The summed E-state index contributed by atoms with van der Waals surface area (Å²) in [6.45, 7) is 3.83. The summed E-state index contributed by atoms with van der Waals surface area (Å²) in [7, 11) is -2.46. The zero-order chi connectivity index (χ0) is 13.8. The topological polar surface area (TPSA) is 103 Å². The van der Waals surface area contributed by atoms with Crippen LogP contribution in [-0.2, 0) is 10.0 Å². The van der Waals surface area contributed by atoms with Crippen LogP contribution in [0.4, 0.5) is 0 Å². The molecule has 0 fully saturated rings. The van der Waals surface area contributed by atoms with E-state index >= 15 is 0 Å². The Hall–Kier alpha value is -1.67. The highest BCUT2D eigenvalue weighted by molar-refractivity contribution is 7.89. The van der Waals surface area contributed by atoms with Crippen molar-refractivity contribution in [2.45, 2.75) is 17.9 Å². The molecule has 0 radical (unpaired) electrons. The lowest BCUT2D eigenvalue weighted by Crippen LogP contribution is -2.29. The summed E-state index contributed by atoms with van der Waals surface area (Å²) in [5, 5.41) is 14.1. The number of carbonyl (C=O) groups is 1. The SMILES string of the molecule is C=CCCCN(C)S(=O)(=O)c1[nH]ncc1C(=O)O. The van der Waals surface area contributed by atoms with Gasteiger partial charge in [-0.05, 0) is 12.8 Å². The van der Waals surface area contributed by atoms with Gasteiger partial charge in [0.25, 0.3) is 10.0 Å². The fourth-order valence-corrected chi connectivity index (χ4v) is 2.62. The van der Waals surface area contributed by atoms with Crippen molar-refractivity contribution in [2.24, 2.45) is 0 Å². The Labute approximate surface area is 105 Å². The molecule has 7 nitrogen and oxygen atoms in total. The Bertz CT molecular complexity index is 535. The highest BCUT2D eigenvalue weighted by Gasteiger charge is 2.28. The second kappa shape index (κ2) is 5.78. The monoisotopic (exact) mass is 273 g/mol. The minimum absolute atomic E-state index is 0.284.